The van der Waals surface area contributed by atoms with E-state index in [-0.39, 0.29) is 10.8 Å². The summed E-state index contributed by atoms with van der Waals surface area (Å²) in [6.07, 6.45) is 2.72. The molecule has 0 aliphatic carbocycles. The standard InChI is InChI=1S/C16H18FNOS/c1-5-14(17)15(20)9-11(2)12-7-6-8-13(10-12)16(19)18(3)4/h5-10,20H,1H2,2-4H3/b11-9+,15-14-. The van der Waals surface area contributed by atoms with Crippen LogP contribution in [0.5, 0.6) is 0 Å². The molecule has 2 nitrogen and oxygen atoms in total. The molecule has 0 heterocycles. The van der Waals surface area contributed by atoms with Gasteiger partial charge in [-0.15, -0.1) is 12.6 Å². The Morgan fingerprint density at radius 1 is 1.35 bits per heavy atom. The van der Waals surface area contributed by atoms with Gasteiger partial charge in [0.25, 0.3) is 5.91 Å². The Hall–Kier alpha value is -1.81. The number of hydrogen-bond acceptors (Lipinski definition) is 2. The molecule has 1 amide bonds. The molecule has 0 N–H and O–H groups in total. The van der Waals surface area contributed by atoms with Crippen molar-refractivity contribution in [3.63, 3.8) is 0 Å². The number of rotatable bonds is 4. The van der Waals surface area contributed by atoms with Gasteiger partial charge in [-0.1, -0.05) is 18.7 Å². The summed E-state index contributed by atoms with van der Waals surface area (Å²) in [5, 5.41) is 0. The van der Waals surface area contributed by atoms with Crippen LogP contribution in [0.4, 0.5) is 4.39 Å². The maximum absolute atomic E-state index is 13.3. The lowest BCUT2D eigenvalue weighted by Crippen LogP contribution is -2.21. The van der Waals surface area contributed by atoms with Crippen molar-refractivity contribution in [3.05, 3.63) is 64.9 Å². The molecule has 0 saturated heterocycles. The van der Waals surface area contributed by atoms with Crippen LogP contribution in [-0.4, -0.2) is 24.9 Å². The van der Waals surface area contributed by atoms with Crippen molar-refractivity contribution in [2.24, 2.45) is 0 Å². The van der Waals surface area contributed by atoms with Gasteiger partial charge in [0.1, 0.15) is 5.83 Å². The molecule has 0 aromatic heterocycles. The first-order valence-electron chi connectivity index (χ1n) is 6.08. The predicted molar refractivity (Wildman–Crippen MR) is 85.4 cm³/mol. The van der Waals surface area contributed by atoms with Crippen LogP contribution in [-0.2, 0) is 0 Å². The molecule has 0 bridgehead atoms. The Morgan fingerprint density at radius 2 is 1.95 bits per heavy atom. The first kappa shape index (κ1) is 16.2. The molecule has 4 heteroatoms. The smallest absolute Gasteiger partial charge is 0.253 e. The molecule has 106 valence electrons. The van der Waals surface area contributed by atoms with E-state index in [0.717, 1.165) is 17.2 Å². The summed E-state index contributed by atoms with van der Waals surface area (Å²) in [4.78, 5) is 13.6. The van der Waals surface area contributed by atoms with E-state index in [4.69, 9.17) is 0 Å². The van der Waals surface area contributed by atoms with Crippen LogP contribution < -0.4 is 0 Å². The molecule has 0 atom stereocenters. The van der Waals surface area contributed by atoms with Gasteiger partial charge >= 0.3 is 0 Å². The molecule has 0 aliphatic rings. The lowest BCUT2D eigenvalue weighted by atomic mass is 10.0. The number of amides is 1. The molecular weight excluding hydrogens is 273 g/mol. The van der Waals surface area contributed by atoms with Gasteiger partial charge in [-0.2, -0.15) is 0 Å². The number of thiol groups is 1. The molecule has 0 spiro atoms. The summed E-state index contributed by atoms with van der Waals surface area (Å²) < 4.78 is 13.3. The van der Waals surface area contributed by atoms with Crippen molar-refractivity contribution in [3.8, 4) is 0 Å². The van der Waals surface area contributed by atoms with Crippen molar-refractivity contribution in [2.45, 2.75) is 6.92 Å². The van der Waals surface area contributed by atoms with Gasteiger partial charge in [0.2, 0.25) is 0 Å². The fourth-order valence-electron chi connectivity index (χ4n) is 1.62. The van der Waals surface area contributed by atoms with Gasteiger partial charge in [-0.05, 0) is 42.3 Å². The average molecular weight is 291 g/mol. The third-order valence-corrected chi connectivity index (χ3v) is 3.09. The second kappa shape index (κ2) is 7.10. The predicted octanol–water partition coefficient (Wildman–Crippen LogP) is 4.09. The van der Waals surface area contributed by atoms with Gasteiger partial charge < -0.3 is 4.90 Å². The Bertz CT molecular complexity index is 588. The summed E-state index contributed by atoms with van der Waals surface area (Å²) in [5.74, 6) is -0.549. The molecule has 0 radical (unpaired) electrons. The summed E-state index contributed by atoms with van der Waals surface area (Å²) in [6, 6.07) is 7.20. The van der Waals surface area contributed by atoms with Crippen LogP contribution in [0.3, 0.4) is 0 Å². The summed E-state index contributed by atoms with van der Waals surface area (Å²) in [7, 11) is 3.40. The maximum Gasteiger partial charge on any atom is 0.253 e. The van der Waals surface area contributed by atoms with E-state index in [0.29, 0.717) is 5.56 Å². The van der Waals surface area contributed by atoms with Crippen LogP contribution in [0.2, 0.25) is 0 Å². The number of nitrogens with zero attached hydrogens (tertiary/aromatic N) is 1. The number of carbonyl (C=O) groups excluding carboxylic acids is 1. The van der Waals surface area contributed by atoms with Gasteiger partial charge in [0, 0.05) is 24.6 Å². The van der Waals surface area contributed by atoms with E-state index < -0.39 is 5.83 Å². The highest BCUT2D eigenvalue weighted by Gasteiger charge is 2.08. The van der Waals surface area contributed by atoms with E-state index in [1.165, 1.54) is 4.90 Å². The molecular formula is C16H18FNOS. The van der Waals surface area contributed by atoms with Crippen LogP contribution in [0.15, 0.2) is 53.7 Å². The topological polar surface area (TPSA) is 20.3 Å². The van der Waals surface area contributed by atoms with Gasteiger partial charge in [-0.25, -0.2) is 4.39 Å². The van der Waals surface area contributed by atoms with Gasteiger partial charge in [0.05, 0.1) is 0 Å². The minimum atomic E-state index is -0.479. The Balaban J connectivity index is 3.15. The summed E-state index contributed by atoms with van der Waals surface area (Å²) in [6.45, 7) is 5.20. The zero-order valence-electron chi connectivity index (χ0n) is 11.9. The molecule has 0 aliphatic heterocycles. The molecule has 1 aromatic carbocycles. The second-order valence-electron chi connectivity index (χ2n) is 4.55. The minimum Gasteiger partial charge on any atom is -0.345 e. The van der Waals surface area contributed by atoms with Crippen molar-refractivity contribution in [2.75, 3.05) is 14.1 Å². The fourth-order valence-corrected chi connectivity index (χ4v) is 1.90. The highest BCUT2D eigenvalue weighted by molar-refractivity contribution is 7.84. The largest absolute Gasteiger partial charge is 0.345 e. The molecule has 20 heavy (non-hydrogen) atoms. The number of carbonyl (C=O) groups is 1. The van der Waals surface area contributed by atoms with Crippen LogP contribution in [0.25, 0.3) is 5.57 Å². The van der Waals surface area contributed by atoms with E-state index in [9.17, 15) is 9.18 Å². The van der Waals surface area contributed by atoms with E-state index in [1.807, 2.05) is 13.0 Å². The van der Waals surface area contributed by atoms with E-state index >= 15 is 0 Å². The average Bonchev–Trinajstić information content (AvgIpc) is 2.45. The molecule has 1 rings (SSSR count). The zero-order valence-corrected chi connectivity index (χ0v) is 12.7. The lowest BCUT2D eigenvalue weighted by molar-refractivity contribution is 0.0827. The first-order valence-corrected chi connectivity index (χ1v) is 6.53. The number of hydrogen-bond donors (Lipinski definition) is 1. The van der Waals surface area contributed by atoms with Crippen molar-refractivity contribution >= 4 is 24.1 Å². The Morgan fingerprint density at radius 3 is 2.50 bits per heavy atom. The number of allylic oxidation sites excluding steroid dienone is 4. The van der Waals surface area contributed by atoms with Crippen LogP contribution >= 0.6 is 12.6 Å². The van der Waals surface area contributed by atoms with Crippen molar-refractivity contribution in [1.82, 2.24) is 4.90 Å². The molecule has 0 saturated carbocycles. The number of halogens is 1. The Kier molecular flexibility index (Phi) is 5.77. The van der Waals surface area contributed by atoms with Crippen molar-refractivity contribution < 1.29 is 9.18 Å². The monoisotopic (exact) mass is 291 g/mol. The second-order valence-corrected chi connectivity index (χ2v) is 5.03. The lowest BCUT2D eigenvalue weighted by Gasteiger charge is -2.11. The zero-order chi connectivity index (χ0) is 15.3. The quantitative estimate of drug-likeness (QED) is 0.654. The van der Waals surface area contributed by atoms with Crippen LogP contribution in [0, 0.1) is 0 Å². The van der Waals surface area contributed by atoms with Crippen LogP contribution in [0.1, 0.15) is 22.8 Å². The molecule has 1 aromatic rings. The van der Waals surface area contributed by atoms with Gasteiger partial charge in [-0.3, -0.25) is 4.79 Å². The highest BCUT2D eigenvalue weighted by Crippen LogP contribution is 2.21. The minimum absolute atomic E-state index is 0.0708. The Labute approximate surface area is 124 Å². The summed E-state index contributed by atoms with van der Waals surface area (Å²) in [5.41, 5.74) is 2.26. The highest BCUT2D eigenvalue weighted by atomic mass is 32.1. The third kappa shape index (κ3) is 4.10. The maximum atomic E-state index is 13.3. The number of benzene rings is 1. The summed E-state index contributed by atoms with van der Waals surface area (Å²) >= 11 is 4.08. The van der Waals surface area contributed by atoms with E-state index in [2.05, 4.69) is 19.2 Å². The SMILES string of the molecule is C=C/C(F)=C(S)\C=C(/C)c1cccc(C(=O)N(C)C)c1. The van der Waals surface area contributed by atoms with E-state index in [1.54, 1.807) is 38.4 Å². The van der Waals surface area contributed by atoms with Crippen molar-refractivity contribution in [1.29, 1.82) is 0 Å². The molecule has 0 fully saturated rings. The third-order valence-electron chi connectivity index (χ3n) is 2.75. The van der Waals surface area contributed by atoms with Gasteiger partial charge in [0.15, 0.2) is 0 Å². The molecule has 0 unspecified atom stereocenters. The fraction of sp³-hybridized carbons (Fsp3) is 0.188. The first-order chi connectivity index (χ1) is 9.36. The normalized spacial score (nSPS) is 12.8.